The number of nitrogens with one attached hydrogen (secondary N) is 1. The summed E-state index contributed by atoms with van der Waals surface area (Å²) in [5.74, 6) is 3.89. The lowest BCUT2D eigenvalue weighted by Gasteiger charge is -2.25. The summed E-state index contributed by atoms with van der Waals surface area (Å²) in [6.45, 7) is 13.3. The fraction of sp³-hybridized carbons (Fsp3) is 0.611. The highest BCUT2D eigenvalue weighted by atomic mass is 16.6. The first-order valence-corrected chi connectivity index (χ1v) is 8.52. The van der Waals surface area contributed by atoms with Crippen LogP contribution in [0.25, 0.3) is 11.0 Å². The molecule has 23 heavy (non-hydrogen) atoms. The summed E-state index contributed by atoms with van der Waals surface area (Å²) in [6, 6.07) is 3.97. The number of imidazole rings is 1. The zero-order valence-electron chi connectivity index (χ0n) is 14.6. The number of benzene rings is 1. The molecule has 0 amide bonds. The molecule has 2 heterocycles. The van der Waals surface area contributed by atoms with E-state index in [2.05, 4.69) is 37.6 Å². The van der Waals surface area contributed by atoms with E-state index in [4.69, 9.17) is 14.5 Å². The summed E-state index contributed by atoms with van der Waals surface area (Å²) in [5.41, 5.74) is 1.96. The average molecular weight is 317 g/mol. The van der Waals surface area contributed by atoms with Gasteiger partial charge in [0.25, 0.3) is 0 Å². The number of hydrogen-bond donors (Lipinski definition) is 1. The van der Waals surface area contributed by atoms with E-state index in [0.717, 1.165) is 48.0 Å². The van der Waals surface area contributed by atoms with Crippen LogP contribution in [0, 0.1) is 11.8 Å². The second kappa shape index (κ2) is 6.79. The van der Waals surface area contributed by atoms with Gasteiger partial charge in [-0.15, -0.1) is 0 Å². The van der Waals surface area contributed by atoms with Crippen LogP contribution in [0.4, 0.5) is 0 Å². The van der Waals surface area contributed by atoms with Gasteiger partial charge in [0, 0.05) is 25.2 Å². The van der Waals surface area contributed by atoms with Gasteiger partial charge in [0.1, 0.15) is 19.0 Å². The van der Waals surface area contributed by atoms with E-state index >= 15 is 0 Å². The number of hydrogen-bond acceptors (Lipinski definition) is 4. The number of aromatic amines is 1. The highest BCUT2D eigenvalue weighted by Crippen LogP contribution is 2.33. The second-order valence-electron chi connectivity index (χ2n) is 7.18. The van der Waals surface area contributed by atoms with Crippen LogP contribution in [-0.4, -0.2) is 41.2 Å². The average Bonchev–Trinajstić information content (AvgIpc) is 2.84. The van der Waals surface area contributed by atoms with Crippen LogP contribution in [0.3, 0.4) is 0 Å². The van der Waals surface area contributed by atoms with Crippen molar-refractivity contribution in [1.29, 1.82) is 0 Å². The smallest absolute Gasteiger partial charge is 0.163 e. The fourth-order valence-corrected chi connectivity index (χ4v) is 3.12. The van der Waals surface area contributed by atoms with E-state index in [1.165, 1.54) is 0 Å². The first-order valence-electron chi connectivity index (χ1n) is 8.52. The molecule has 0 unspecified atom stereocenters. The van der Waals surface area contributed by atoms with Gasteiger partial charge in [0.2, 0.25) is 0 Å². The van der Waals surface area contributed by atoms with E-state index in [-0.39, 0.29) is 0 Å². The van der Waals surface area contributed by atoms with Gasteiger partial charge in [-0.3, -0.25) is 4.90 Å². The molecular weight excluding hydrogens is 290 g/mol. The van der Waals surface area contributed by atoms with Gasteiger partial charge in [0.15, 0.2) is 11.5 Å². The minimum Gasteiger partial charge on any atom is -0.486 e. The van der Waals surface area contributed by atoms with Crippen molar-refractivity contribution >= 4 is 11.0 Å². The van der Waals surface area contributed by atoms with E-state index in [1.54, 1.807) is 0 Å². The first kappa shape index (κ1) is 16.1. The van der Waals surface area contributed by atoms with Crippen molar-refractivity contribution in [2.75, 3.05) is 26.3 Å². The van der Waals surface area contributed by atoms with Gasteiger partial charge in [-0.2, -0.15) is 0 Å². The Morgan fingerprint density at radius 3 is 2.26 bits per heavy atom. The highest BCUT2D eigenvalue weighted by Gasteiger charge is 2.16. The number of nitrogens with zero attached hydrogens (tertiary/aromatic N) is 2. The largest absolute Gasteiger partial charge is 0.486 e. The van der Waals surface area contributed by atoms with Crippen LogP contribution in [-0.2, 0) is 6.54 Å². The second-order valence-corrected chi connectivity index (χ2v) is 7.18. The Balaban J connectivity index is 1.81. The molecule has 126 valence electrons. The maximum atomic E-state index is 5.64. The van der Waals surface area contributed by atoms with Gasteiger partial charge < -0.3 is 14.5 Å². The molecule has 5 heteroatoms. The Bertz CT molecular complexity index is 611. The Hall–Kier alpha value is -1.75. The summed E-state index contributed by atoms with van der Waals surface area (Å²) >= 11 is 0. The third-order valence-electron chi connectivity index (χ3n) is 3.81. The van der Waals surface area contributed by atoms with Crippen LogP contribution in [0.2, 0.25) is 0 Å². The zero-order valence-corrected chi connectivity index (χ0v) is 14.6. The third kappa shape index (κ3) is 3.96. The molecule has 1 N–H and O–H groups in total. The topological polar surface area (TPSA) is 50.4 Å². The van der Waals surface area contributed by atoms with Crippen LogP contribution in [0.5, 0.6) is 11.5 Å². The summed E-state index contributed by atoms with van der Waals surface area (Å²) in [5, 5.41) is 0. The van der Waals surface area contributed by atoms with Gasteiger partial charge in [0.05, 0.1) is 17.6 Å². The lowest BCUT2D eigenvalue weighted by molar-refractivity contribution is 0.172. The van der Waals surface area contributed by atoms with Gasteiger partial charge in [-0.1, -0.05) is 27.7 Å². The lowest BCUT2D eigenvalue weighted by Crippen LogP contribution is -2.31. The van der Waals surface area contributed by atoms with Crippen LogP contribution in [0.1, 0.15) is 33.5 Å². The minimum atomic E-state index is 0.604. The maximum absolute atomic E-state index is 5.64. The number of rotatable bonds is 6. The number of ether oxygens (including phenoxy) is 2. The van der Waals surface area contributed by atoms with E-state index in [1.807, 2.05) is 12.1 Å². The Morgan fingerprint density at radius 2 is 1.65 bits per heavy atom. The molecule has 5 nitrogen and oxygen atoms in total. The maximum Gasteiger partial charge on any atom is 0.163 e. The number of aromatic nitrogens is 2. The van der Waals surface area contributed by atoms with Crippen molar-refractivity contribution in [3.8, 4) is 11.5 Å². The van der Waals surface area contributed by atoms with Crippen molar-refractivity contribution in [2.24, 2.45) is 11.8 Å². The van der Waals surface area contributed by atoms with E-state index in [9.17, 15) is 0 Å². The Morgan fingerprint density at radius 1 is 1.04 bits per heavy atom. The molecule has 2 aromatic rings. The van der Waals surface area contributed by atoms with Crippen molar-refractivity contribution in [1.82, 2.24) is 14.9 Å². The molecular formula is C18H27N3O2. The quantitative estimate of drug-likeness (QED) is 0.886. The SMILES string of the molecule is CC(C)CN(Cc1nc2cc3c(cc2[nH]1)OCCO3)CC(C)C. The summed E-state index contributed by atoms with van der Waals surface area (Å²) < 4.78 is 11.3. The third-order valence-corrected chi connectivity index (χ3v) is 3.81. The van der Waals surface area contributed by atoms with Crippen LogP contribution >= 0.6 is 0 Å². The minimum absolute atomic E-state index is 0.604. The molecule has 0 spiro atoms. The van der Waals surface area contributed by atoms with E-state index in [0.29, 0.717) is 25.0 Å². The van der Waals surface area contributed by atoms with Crippen molar-refractivity contribution in [2.45, 2.75) is 34.2 Å². The Kier molecular flexibility index (Phi) is 4.76. The molecule has 0 saturated heterocycles. The van der Waals surface area contributed by atoms with Gasteiger partial charge >= 0.3 is 0 Å². The van der Waals surface area contributed by atoms with Crippen molar-refractivity contribution < 1.29 is 9.47 Å². The molecule has 0 bridgehead atoms. The van der Waals surface area contributed by atoms with Gasteiger partial charge in [-0.05, 0) is 11.8 Å². The molecule has 0 fully saturated rings. The fourth-order valence-electron chi connectivity index (χ4n) is 3.12. The van der Waals surface area contributed by atoms with Crippen molar-refractivity contribution in [3.05, 3.63) is 18.0 Å². The molecule has 0 atom stereocenters. The Labute approximate surface area is 138 Å². The normalized spacial score (nSPS) is 14.4. The molecule has 1 aromatic carbocycles. The summed E-state index contributed by atoms with van der Waals surface area (Å²) in [4.78, 5) is 10.6. The predicted octanol–water partition coefficient (Wildman–Crippen LogP) is 3.45. The molecule has 1 aliphatic heterocycles. The van der Waals surface area contributed by atoms with E-state index < -0.39 is 0 Å². The zero-order chi connectivity index (χ0) is 16.4. The molecule has 0 radical (unpaired) electrons. The first-order chi connectivity index (χ1) is 11.0. The molecule has 1 aliphatic rings. The molecule has 3 rings (SSSR count). The highest BCUT2D eigenvalue weighted by molar-refractivity contribution is 5.79. The molecule has 1 aromatic heterocycles. The predicted molar refractivity (Wildman–Crippen MR) is 92.0 cm³/mol. The summed E-state index contributed by atoms with van der Waals surface area (Å²) in [7, 11) is 0. The monoisotopic (exact) mass is 317 g/mol. The number of fused-ring (bicyclic) bond motifs is 2. The van der Waals surface area contributed by atoms with Gasteiger partial charge in [-0.25, -0.2) is 4.98 Å². The van der Waals surface area contributed by atoms with Crippen LogP contribution in [0.15, 0.2) is 12.1 Å². The standard InChI is InChI=1S/C18H27N3O2/c1-12(2)9-21(10-13(3)4)11-18-19-14-7-16-17(8-15(14)20-18)23-6-5-22-16/h7-8,12-13H,5-6,9-11H2,1-4H3,(H,19,20). The lowest BCUT2D eigenvalue weighted by atomic mass is 10.1. The molecule has 0 aliphatic carbocycles. The summed E-state index contributed by atoms with van der Waals surface area (Å²) in [6.07, 6.45) is 0. The van der Waals surface area contributed by atoms with Crippen LogP contribution < -0.4 is 9.47 Å². The number of H-pyrrole nitrogens is 1. The molecule has 0 saturated carbocycles. The van der Waals surface area contributed by atoms with Crippen molar-refractivity contribution in [3.63, 3.8) is 0 Å².